The van der Waals surface area contributed by atoms with E-state index in [4.69, 9.17) is 19.7 Å². The number of hydrogen-bond acceptors (Lipinski definition) is 5. The van der Waals surface area contributed by atoms with Gasteiger partial charge in [-0.15, -0.1) is 0 Å². The number of methoxy groups -OCH3 is 1. The molecule has 0 unspecified atom stereocenters. The Balaban J connectivity index is 2.07. The number of carboxylic acid groups (broad SMARTS) is 2. The number of anilines is 1. The Morgan fingerprint density at radius 3 is 2.11 bits per heavy atom. The third-order valence-corrected chi connectivity index (χ3v) is 3.35. The molecule has 8 heteroatoms. The zero-order chi connectivity index (χ0) is 19.8. The van der Waals surface area contributed by atoms with Gasteiger partial charge in [-0.05, 0) is 42.0 Å². The summed E-state index contributed by atoms with van der Waals surface area (Å²) in [6.07, 6.45) is 2.80. The number of carboxylic acids is 2. The number of hydrogen-bond donors (Lipinski definition) is 3. The molecule has 2 aromatic carbocycles. The molecule has 0 radical (unpaired) electrons. The van der Waals surface area contributed by atoms with E-state index in [1.165, 1.54) is 25.3 Å². The van der Waals surface area contributed by atoms with Crippen molar-refractivity contribution < 1.29 is 34.1 Å². The van der Waals surface area contributed by atoms with Crippen LogP contribution in [0.4, 0.5) is 5.69 Å². The monoisotopic (exact) mass is 371 g/mol. The molecule has 0 saturated heterocycles. The summed E-state index contributed by atoms with van der Waals surface area (Å²) in [5.74, 6) is -2.50. The van der Waals surface area contributed by atoms with E-state index >= 15 is 0 Å². The van der Waals surface area contributed by atoms with Crippen LogP contribution in [0.25, 0.3) is 6.08 Å². The van der Waals surface area contributed by atoms with E-state index in [-0.39, 0.29) is 23.6 Å². The van der Waals surface area contributed by atoms with Crippen LogP contribution in [0.5, 0.6) is 5.75 Å². The quantitative estimate of drug-likeness (QED) is 0.482. The van der Waals surface area contributed by atoms with Crippen molar-refractivity contribution in [2.75, 3.05) is 19.2 Å². The molecule has 0 aliphatic heterocycles. The minimum atomic E-state index is -1.29. The fourth-order valence-corrected chi connectivity index (χ4v) is 2.10. The summed E-state index contributed by atoms with van der Waals surface area (Å²) in [5.41, 5.74) is 0.340. The molecule has 0 saturated carbocycles. The lowest BCUT2D eigenvalue weighted by Crippen LogP contribution is -2.10. The summed E-state index contributed by atoms with van der Waals surface area (Å²) in [5, 5.41) is 20.5. The number of benzene rings is 2. The van der Waals surface area contributed by atoms with E-state index < -0.39 is 17.8 Å². The minimum Gasteiger partial charge on any atom is -0.478 e. The third-order valence-electron chi connectivity index (χ3n) is 3.35. The SMILES string of the molecule is COCOc1ccc(/C=C/C(=O)Nc2cc(C(=O)O)cc(C(=O)O)c2)cc1. The number of amides is 1. The van der Waals surface area contributed by atoms with Crippen LogP contribution in [0.3, 0.4) is 0 Å². The van der Waals surface area contributed by atoms with Gasteiger partial charge in [0.05, 0.1) is 11.1 Å². The van der Waals surface area contributed by atoms with Crippen molar-refractivity contribution in [1.82, 2.24) is 0 Å². The Hall–Kier alpha value is -3.65. The molecule has 1 amide bonds. The van der Waals surface area contributed by atoms with Crippen molar-refractivity contribution in [3.63, 3.8) is 0 Å². The van der Waals surface area contributed by atoms with Gasteiger partial charge >= 0.3 is 11.9 Å². The Bertz CT molecular complexity index is 840. The fraction of sp³-hybridized carbons (Fsp3) is 0.105. The lowest BCUT2D eigenvalue weighted by Gasteiger charge is -2.06. The highest BCUT2D eigenvalue weighted by molar-refractivity contribution is 6.04. The second-order valence-electron chi connectivity index (χ2n) is 5.35. The van der Waals surface area contributed by atoms with Crippen molar-refractivity contribution in [3.8, 4) is 5.75 Å². The van der Waals surface area contributed by atoms with Gasteiger partial charge in [-0.2, -0.15) is 0 Å². The highest BCUT2D eigenvalue weighted by Gasteiger charge is 2.12. The number of rotatable bonds is 8. The van der Waals surface area contributed by atoms with Gasteiger partial charge in [-0.3, -0.25) is 4.79 Å². The van der Waals surface area contributed by atoms with Gasteiger partial charge in [0.2, 0.25) is 5.91 Å². The van der Waals surface area contributed by atoms with Gasteiger partial charge in [0.1, 0.15) is 5.75 Å². The van der Waals surface area contributed by atoms with Crippen LogP contribution in [0.1, 0.15) is 26.3 Å². The molecule has 0 fully saturated rings. The Labute approximate surface area is 154 Å². The van der Waals surface area contributed by atoms with E-state index in [1.54, 1.807) is 30.3 Å². The molecule has 2 aromatic rings. The predicted octanol–water partition coefficient (Wildman–Crippen LogP) is 2.72. The van der Waals surface area contributed by atoms with Crippen LogP contribution in [0.15, 0.2) is 48.5 Å². The zero-order valence-electron chi connectivity index (χ0n) is 14.3. The molecular formula is C19H17NO7. The molecule has 0 bridgehead atoms. The van der Waals surface area contributed by atoms with E-state index in [1.807, 2.05) is 0 Å². The van der Waals surface area contributed by atoms with Crippen molar-refractivity contribution >= 4 is 29.6 Å². The van der Waals surface area contributed by atoms with Crippen LogP contribution in [-0.4, -0.2) is 42.0 Å². The second kappa shape index (κ2) is 9.16. The molecule has 0 aliphatic rings. The predicted molar refractivity (Wildman–Crippen MR) is 97.0 cm³/mol. The number of nitrogens with one attached hydrogen (secondary N) is 1. The Morgan fingerprint density at radius 1 is 1.00 bits per heavy atom. The van der Waals surface area contributed by atoms with E-state index in [9.17, 15) is 14.4 Å². The molecule has 0 aliphatic carbocycles. The lowest BCUT2D eigenvalue weighted by molar-refractivity contribution is -0.111. The maximum absolute atomic E-state index is 12.0. The van der Waals surface area contributed by atoms with Gasteiger partial charge in [-0.1, -0.05) is 12.1 Å². The van der Waals surface area contributed by atoms with E-state index in [0.29, 0.717) is 5.75 Å². The smallest absolute Gasteiger partial charge is 0.335 e. The molecule has 2 rings (SSSR count). The summed E-state index contributed by atoms with van der Waals surface area (Å²) in [6, 6.07) is 10.3. The molecule has 0 atom stereocenters. The average molecular weight is 371 g/mol. The van der Waals surface area contributed by atoms with E-state index in [0.717, 1.165) is 11.6 Å². The summed E-state index contributed by atoms with van der Waals surface area (Å²) < 4.78 is 10.0. The molecule has 3 N–H and O–H groups in total. The Kier molecular flexibility index (Phi) is 6.67. The summed E-state index contributed by atoms with van der Waals surface area (Å²) in [4.78, 5) is 34.2. The molecule has 0 heterocycles. The van der Waals surface area contributed by atoms with Gasteiger partial charge in [-0.25, -0.2) is 9.59 Å². The van der Waals surface area contributed by atoms with Gasteiger partial charge in [0.15, 0.2) is 6.79 Å². The van der Waals surface area contributed by atoms with Crippen molar-refractivity contribution in [1.29, 1.82) is 0 Å². The molecule has 0 aromatic heterocycles. The van der Waals surface area contributed by atoms with Crippen LogP contribution in [0, 0.1) is 0 Å². The number of ether oxygens (including phenoxy) is 2. The standard InChI is InChI=1S/C19H17NO7/c1-26-11-27-16-5-2-12(3-6-16)4-7-17(21)20-15-9-13(18(22)23)8-14(10-15)19(24)25/h2-10H,11H2,1H3,(H,20,21)(H,22,23)(H,24,25)/b7-4+. The topological polar surface area (TPSA) is 122 Å². The molecular weight excluding hydrogens is 354 g/mol. The number of carbonyl (C=O) groups excluding carboxylic acids is 1. The molecule has 27 heavy (non-hydrogen) atoms. The second-order valence-corrected chi connectivity index (χ2v) is 5.35. The van der Waals surface area contributed by atoms with Crippen molar-refractivity contribution in [2.45, 2.75) is 0 Å². The van der Waals surface area contributed by atoms with Crippen LogP contribution >= 0.6 is 0 Å². The average Bonchev–Trinajstić information content (AvgIpc) is 2.65. The molecule has 140 valence electrons. The summed E-state index contributed by atoms with van der Waals surface area (Å²) >= 11 is 0. The molecule has 8 nitrogen and oxygen atoms in total. The third kappa shape index (κ3) is 5.98. The van der Waals surface area contributed by atoms with Gasteiger partial charge in [0.25, 0.3) is 0 Å². The first-order valence-corrected chi connectivity index (χ1v) is 7.71. The maximum atomic E-state index is 12.0. The van der Waals surface area contributed by atoms with Crippen LogP contribution in [-0.2, 0) is 9.53 Å². The van der Waals surface area contributed by atoms with Gasteiger partial charge < -0.3 is 25.0 Å². The first-order valence-electron chi connectivity index (χ1n) is 7.71. The highest BCUT2D eigenvalue weighted by atomic mass is 16.7. The summed E-state index contributed by atoms with van der Waals surface area (Å²) in [7, 11) is 1.52. The van der Waals surface area contributed by atoms with Crippen molar-refractivity contribution in [3.05, 3.63) is 65.2 Å². The first kappa shape index (κ1) is 19.7. The summed E-state index contributed by atoms with van der Waals surface area (Å²) in [6.45, 7) is 0.130. The van der Waals surface area contributed by atoms with E-state index in [2.05, 4.69) is 5.32 Å². The molecule has 0 spiro atoms. The van der Waals surface area contributed by atoms with Crippen molar-refractivity contribution in [2.24, 2.45) is 0 Å². The largest absolute Gasteiger partial charge is 0.478 e. The number of carbonyl (C=O) groups is 3. The fourth-order valence-electron chi connectivity index (χ4n) is 2.10. The minimum absolute atomic E-state index is 0.0743. The normalized spacial score (nSPS) is 10.6. The van der Waals surface area contributed by atoms with Crippen LogP contribution < -0.4 is 10.1 Å². The van der Waals surface area contributed by atoms with Gasteiger partial charge in [0, 0.05) is 18.9 Å². The first-order chi connectivity index (χ1) is 12.9. The zero-order valence-corrected chi connectivity index (χ0v) is 14.3. The maximum Gasteiger partial charge on any atom is 0.335 e. The number of aromatic carboxylic acids is 2. The lowest BCUT2D eigenvalue weighted by atomic mass is 10.1. The van der Waals surface area contributed by atoms with Crippen LogP contribution in [0.2, 0.25) is 0 Å². The Morgan fingerprint density at radius 2 is 1.59 bits per heavy atom. The highest BCUT2D eigenvalue weighted by Crippen LogP contribution is 2.16.